The minimum absolute atomic E-state index is 0.512. The first kappa shape index (κ1) is 9.10. The lowest BCUT2D eigenvalue weighted by Gasteiger charge is -2.01. The predicted molar refractivity (Wildman–Crippen MR) is 34.2 cm³/mol. The van der Waals surface area contributed by atoms with Crippen LogP contribution in [0.5, 0.6) is 0 Å². The summed E-state index contributed by atoms with van der Waals surface area (Å²) in [6, 6.07) is 0. The average molecular weight is 195 g/mol. The lowest BCUT2D eigenvalue weighted by molar-refractivity contribution is -0.134. The molecule has 7 nitrogen and oxygen atoms in total. The maximum absolute atomic E-state index is 10.7. The number of carbonyl (C=O) groups is 2. The number of imide groups is 1. The lowest BCUT2D eigenvalue weighted by atomic mass is 10.4. The van der Waals surface area contributed by atoms with Crippen molar-refractivity contribution in [1.29, 1.82) is 0 Å². The van der Waals surface area contributed by atoms with E-state index in [1.165, 1.54) is 0 Å². The third kappa shape index (κ3) is 1.44. The van der Waals surface area contributed by atoms with Gasteiger partial charge in [-0.2, -0.15) is 8.42 Å². The molecule has 1 aliphatic heterocycles. The van der Waals surface area contributed by atoms with Crippen molar-refractivity contribution < 1.29 is 27.6 Å². The van der Waals surface area contributed by atoms with Gasteiger partial charge in [0.1, 0.15) is 0 Å². The minimum atomic E-state index is -4.36. The Bertz CT molecular complexity index is 318. The van der Waals surface area contributed by atoms with Crippen LogP contribution in [-0.2, 0) is 24.0 Å². The molecule has 0 aromatic carbocycles. The monoisotopic (exact) mass is 195 g/mol. The highest BCUT2D eigenvalue weighted by Crippen LogP contribution is 2.12. The van der Waals surface area contributed by atoms with Crippen LogP contribution in [0.4, 0.5) is 0 Å². The van der Waals surface area contributed by atoms with Crippen molar-refractivity contribution in [3.05, 3.63) is 0 Å². The van der Waals surface area contributed by atoms with Gasteiger partial charge in [-0.25, -0.2) is 5.26 Å². The molecule has 0 aliphatic carbocycles. The summed E-state index contributed by atoms with van der Waals surface area (Å²) in [4.78, 5) is 21.2. The quantitative estimate of drug-likeness (QED) is 0.306. The molecule has 0 spiro atoms. The van der Waals surface area contributed by atoms with Gasteiger partial charge in [-0.15, -0.1) is 4.33 Å². The molecule has 0 radical (unpaired) electrons. The maximum atomic E-state index is 10.7. The lowest BCUT2D eigenvalue weighted by Crippen LogP contribution is -2.31. The maximum Gasteiger partial charge on any atom is 0.305 e. The number of nitrogens with one attached hydrogen (secondary N) is 1. The second kappa shape index (κ2) is 2.81. The highest BCUT2D eigenvalue weighted by Gasteiger charge is 2.41. The van der Waals surface area contributed by atoms with Gasteiger partial charge in [-0.3, -0.25) is 14.9 Å². The van der Waals surface area contributed by atoms with Crippen LogP contribution < -0.4 is 5.32 Å². The van der Waals surface area contributed by atoms with Gasteiger partial charge in [-0.05, 0) is 0 Å². The summed E-state index contributed by atoms with van der Waals surface area (Å²) >= 11 is 0. The molecule has 1 unspecified atom stereocenters. The molecular formula is C4H5NO6S. The molecule has 2 amide bonds. The van der Waals surface area contributed by atoms with Crippen molar-refractivity contribution in [1.82, 2.24) is 5.32 Å². The van der Waals surface area contributed by atoms with Gasteiger partial charge in [0, 0.05) is 0 Å². The smallest absolute Gasteiger partial charge is 0.295 e. The van der Waals surface area contributed by atoms with Gasteiger partial charge in [-0.1, -0.05) is 0 Å². The van der Waals surface area contributed by atoms with Gasteiger partial charge < -0.3 is 0 Å². The van der Waals surface area contributed by atoms with Crippen molar-refractivity contribution in [2.45, 2.75) is 11.7 Å². The van der Waals surface area contributed by atoms with E-state index in [0.29, 0.717) is 0 Å². The molecule has 0 bridgehead atoms. The Labute approximate surface area is 67.4 Å². The van der Waals surface area contributed by atoms with E-state index in [9.17, 15) is 18.0 Å². The summed E-state index contributed by atoms with van der Waals surface area (Å²) in [5, 5.41) is 8.01. The highest BCUT2D eigenvalue weighted by atomic mass is 32.2. The van der Waals surface area contributed by atoms with Crippen molar-refractivity contribution >= 4 is 21.9 Å². The molecule has 1 aliphatic rings. The molecular weight excluding hydrogens is 190 g/mol. The number of amides is 2. The van der Waals surface area contributed by atoms with Crippen LogP contribution in [0.1, 0.15) is 6.42 Å². The Morgan fingerprint density at radius 2 is 2.08 bits per heavy atom. The predicted octanol–water partition coefficient (Wildman–Crippen LogP) is -1.78. The van der Waals surface area contributed by atoms with Crippen LogP contribution in [-0.4, -0.2) is 30.7 Å². The van der Waals surface area contributed by atoms with Crippen LogP contribution in [0.25, 0.3) is 0 Å². The van der Waals surface area contributed by atoms with Crippen molar-refractivity contribution in [2.75, 3.05) is 0 Å². The molecule has 1 fully saturated rings. The zero-order valence-electron chi connectivity index (χ0n) is 5.68. The second-order valence-electron chi connectivity index (χ2n) is 2.17. The Morgan fingerprint density at radius 1 is 1.50 bits per heavy atom. The molecule has 68 valence electrons. The van der Waals surface area contributed by atoms with E-state index in [4.69, 9.17) is 5.26 Å². The van der Waals surface area contributed by atoms with Crippen LogP contribution in [0, 0.1) is 0 Å². The van der Waals surface area contributed by atoms with Gasteiger partial charge in [0.2, 0.25) is 11.8 Å². The Morgan fingerprint density at radius 3 is 2.42 bits per heavy atom. The summed E-state index contributed by atoms with van der Waals surface area (Å²) in [6.07, 6.45) is -0.512. The first-order valence-electron chi connectivity index (χ1n) is 2.88. The number of carbonyl (C=O) groups excluding carboxylic acids is 2. The van der Waals surface area contributed by atoms with E-state index in [1.807, 2.05) is 0 Å². The number of hydrogen-bond acceptors (Lipinski definition) is 6. The van der Waals surface area contributed by atoms with Gasteiger partial charge in [0.05, 0.1) is 6.42 Å². The zero-order valence-corrected chi connectivity index (χ0v) is 6.50. The van der Waals surface area contributed by atoms with Gasteiger partial charge in [0.15, 0.2) is 5.25 Å². The van der Waals surface area contributed by atoms with Gasteiger partial charge >= 0.3 is 10.1 Å². The summed E-state index contributed by atoms with van der Waals surface area (Å²) in [5.41, 5.74) is 0. The first-order valence-corrected chi connectivity index (χ1v) is 4.35. The van der Waals surface area contributed by atoms with E-state index < -0.39 is 33.6 Å². The largest absolute Gasteiger partial charge is 0.305 e. The Balaban J connectivity index is 2.92. The third-order valence-corrected chi connectivity index (χ3v) is 2.66. The van der Waals surface area contributed by atoms with E-state index in [-0.39, 0.29) is 0 Å². The zero-order chi connectivity index (χ0) is 9.35. The van der Waals surface area contributed by atoms with E-state index in [0.717, 1.165) is 0 Å². The topological polar surface area (TPSA) is 110 Å². The molecule has 8 heteroatoms. The fraction of sp³-hybridized carbons (Fsp3) is 0.500. The van der Waals surface area contributed by atoms with Crippen LogP contribution in [0.2, 0.25) is 0 Å². The van der Waals surface area contributed by atoms with Crippen molar-refractivity contribution in [2.24, 2.45) is 0 Å². The van der Waals surface area contributed by atoms with Crippen molar-refractivity contribution in [3.8, 4) is 0 Å². The standard InChI is InChI=1S/C4H5NO6S/c6-3-1-2(4(7)5-3)12(9,10)11-8/h2,8H,1H2,(H,5,6,7). The second-order valence-corrected chi connectivity index (χ2v) is 3.88. The average Bonchev–Trinajstić information content (AvgIpc) is 2.31. The minimum Gasteiger partial charge on any atom is -0.295 e. The molecule has 0 aromatic heterocycles. The highest BCUT2D eigenvalue weighted by molar-refractivity contribution is 7.88. The van der Waals surface area contributed by atoms with Crippen LogP contribution in [0.15, 0.2) is 0 Å². The fourth-order valence-corrected chi connectivity index (χ4v) is 1.60. The van der Waals surface area contributed by atoms with Crippen LogP contribution in [0.3, 0.4) is 0 Å². The summed E-state index contributed by atoms with van der Waals surface area (Å²) in [5.74, 6) is -1.68. The normalized spacial score (nSPS) is 24.2. The molecule has 0 saturated carbocycles. The molecule has 1 heterocycles. The molecule has 1 rings (SSSR count). The summed E-state index contributed by atoms with van der Waals surface area (Å²) in [7, 11) is -4.36. The first-order chi connectivity index (χ1) is 5.47. The molecule has 2 N–H and O–H groups in total. The van der Waals surface area contributed by atoms with Crippen molar-refractivity contribution in [3.63, 3.8) is 0 Å². The van der Waals surface area contributed by atoms with E-state index in [2.05, 4.69) is 4.33 Å². The Kier molecular flexibility index (Phi) is 2.13. The van der Waals surface area contributed by atoms with Crippen LogP contribution >= 0.6 is 0 Å². The van der Waals surface area contributed by atoms with Gasteiger partial charge in [0.25, 0.3) is 0 Å². The molecule has 0 aromatic rings. The van der Waals surface area contributed by atoms with E-state index >= 15 is 0 Å². The van der Waals surface area contributed by atoms with E-state index in [1.54, 1.807) is 5.32 Å². The summed E-state index contributed by atoms with van der Waals surface area (Å²) in [6.45, 7) is 0. The molecule has 1 atom stereocenters. The fourth-order valence-electron chi connectivity index (χ4n) is 0.815. The Hall–Kier alpha value is -0.990. The number of rotatable bonds is 2. The molecule has 12 heavy (non-hydrogen) atoms. The summed E-state index contributed by atoms with van der Waals surface area (Å²) < 4.78 is 24.4. The number of hydrogen-bond donors (Lipinski definition) is 2. The SMILES string of the molecule is O=C1CC(S(=O)(=O)OO)C(=O)N1. The third-order valence-electron chi connectivity index (χ3n) is 1.38. The molecule has 1 saturated heterocycles.